The van der Waals surface area contributed by atoms with E-state index in [0.717, 1.165) is 10.9 Å². The van der Waals surface area contributed by atoms with Gasteiger partial charge in [-0.1, -0.05) is 17.3 Å². The van der Waals surface area contributed by atoms with Crippen molar-refractivity contribution < 1.29 is 26.7 Å². The highest BCUT2D eigenvalue weighted by molar-refractivity contribution is 5.36. The molecule has 0 aliphatic carbocycles. The lowest BCUT2D eigenvalue weighted by molar-refractivity contribution is -0.137. The fraction of sp³-hybridized carbons (Fsp3) is 0.211. The highest BCUT2D eigenvalue weighted by atomic mass is 19.4. The lowest BCUT2D eigenvalue weighted by Crippen LogP contribution is -2.08. The van der Waals surface area contributed by atoms with Gasteiger partial charge in [-0.3, -0.25) is 0 Å². The van der Waals surface area contributed by atoms with Crippen LogP contribution < -0.4 is 4.74 Å². The summed E-state index contributed by atoms with van der Waals surface area (Å²) >= 11 is 0. The standard InChI is InChI=1S/C19H14F5N7O/c1-11-15(31(29-26-11)14-4-2-12(3-5-14)18(20)21)10-32-17-7-6-16(27-28-17)30-9-13(8-25-30)19(22,23)24/h2-9,18H,10H2,1H3. The molecule has 0 radical (unpaired) electrons. The van der Waals surface area contributed by atoms with E-state index in [2.05, 4.69) is 25.6 Å². The van der Waals surface area contributed by atoms with Crippen molar-refractivity contribution in [2.24, 2.45) is 0 Å². The maximum Gasteiger partial charge on any atom is 0.419 e. The molecule has 0 spiro atoms. The van der Waals surface area contributed by atoms with Crippen molar-refractivity contribution >= 4 is 0 Å². The van der Waals surface area contributed by atoms with E-state index in [4.69, 9.17) is 4.74 Å². The van der Waals surface area contributed by atoms with Crippen LogP contribution >= 0.6 is 0 Å². The Morgan fingerprint density at radius 3 is 2.34 bits per heavy atom. The molecule has 32 heavy (non-hydrogen) atoms. The molecule has 0 unspecified atom stereocenters. The van der Waals surface area contributed by atoms with Crippen LogP contribution in [0.3, 0.4) is 0 Å². The van der Waals surface area contributed by atoms with Gasteiger partial charge in [-0.15, -0.1) is 15.3 Å². The van der Waals surface area contributed by atoms with E-state index in [1.165, 1.54) is 41.1 Å². The van der Waals surface area contributed by atoms with Crippen molar-refractivity contribution in [3.63, 3.8) is 0 Å². The van der Waals surface area contributed by atoms with Crippen LogP contribution in [0.5, 0.6) is 5.88 Å². The van der Waals surface area contributed by atoms with E-state index in [1.54, 1.807) is 6.92 Å². The van der Waals surface area contributed by atoms with Crippen LogP contribution in [0.15, 0.2) is 48.8 Å². The number of ether oxygens (including phenoxy) is 1. The topological polar surface area (TPSA) is 83.5 Å². The normalized spacial score (nSPS) is 11.8. The second-order valence-corrected chi connectivity index (χ2v) is 6.62. The molecule has 13 heteroatoms. The van der Waals surface area contributed by atoms with Crippen LogP contribution in [0.4, 0.5) is 22.0 Å². The summed E-state index contributed by atoms with van der Waals surface area (Å²) in [4.78, 5) is 0. The van der Waals surface area contributed by atoms with Gasteiger partial charge in [0.2, 0.25) is 5.88 Å². The molecule has 0 amide bonds. The van der Waals surface area contributed by atoms with Crippen LogP contribution in [0, 0.1) is 6.92 Å². The molecule has 4 aromatic rings. The fourth-order valence-electron chi connectivity index (χ4n) is 2.76. The molecule has 8 nitrogen and oxygen atoms in total. The lowest BCUT2D eigenvalue weighted by atomic mass is 10.2. The van der Waals surface area contributed by atoms with E-state index < -0.39 is 18.2 Å². The van der Waals surface area contributed by atoms with Gasteiger partial charge in [-0.25, -0.2) is 18.1 Å². The summed E-state index contributed by atoms with van der Waals surface area (Å²) in [6, 6.07) is 8.41. The van der Waals surface area contributed by atoms with Crippen molar-refractivity contribution in [2.75, 3.05) is 0 Å². The van der Waals surface area contributed by atoms with Gasteiger partial charge in [-0.2, -0.15) is 18.3 Å². The molecule has 3 heterocycles. The molecule has 0 saturated carbocycles. The molecule has 166 valence electrons. The summed E-state index contributed by atoms with van der Waals surface area (Å²) in [5.74, 6) is 0.187. The van der Waals surface area contributed by atoms with Crippen molar-refractivity contribution in [3.05, 3.63) is 71.3 Å². The van der Waals surface area contributed by atoms with Crippen LogP contribution in [0.25, 0.3) is 11.5 Å². The Morgan fingerprint density at radius 1 is 1.00 bits per heavy atom. The first-order chi connectivity index (χ1) is 15.2. The number of hydrogen-bond acceptors (Lipinski definition) is 6. The number of hydrogen-bond donors (Lipinski definition) is 0. The number of aryl methyl sites for hydroxylation is 1. The molecule has 0 fully saturated rings. The Labute approximate surface area is 177 Å². The van der Waals surface area contributed by atoms with Gasteiger partial charge in [0.05, 0.1) is 23.1 Å². The van der Waals surface area contributed by atoms with Crippen molar-refractivity contribution in [1.82, 2.24) is 35.0 Å². The second kappa shape index (κ2) is 8.32. The Bertz CT molecular complexity index is 1200. The third-order valence-electron chi connectivity index (χ3n) is 4.47. The van der Waals surface area contributed by atoms with Gasteiger partial charge in [0.1, 0.15) is 12.3 Å². The summed E-state index contributed by atoms with van der Waals surface area (Å²) < 4.78 is 71.6. The van der Waals surface area contributed by atoms with E-state index in [1.807, 2.05) is 0 Å². The first kappa shape index (κ1) is 21.3. The van der Waals surface area contributed by atoms with E-state index in [0.29, 0.717) is 23.3 Å². The Morgan fingerprint density at radius 2 is 1.75 bits per heavy atom. The van der Waals surface area contributed by atoms with Crippen LogP contribution in [-0.2, 0) is 12.8 Å². The largest absolute Gasteiger partial charge is 0.470 e. The molecule has 3 aromatic heterocycles. The molecule has 0 saturated heterocycles. The monoisotopic (exact) mass is 451 g/mol. The van der Waals surface area contributed by atoms with E-state index >= 15 is 0 Å². The van der Waals surface area contributed by atoms with Crippen molar-refractivity contribution in [3.8, 4) is 17.4 Å². The van der Waals surface area contributed by atoms with Gasteiger partial charge in [-0.05, 0) is 25.1 Å². The summed E-state index contributed by atoms with van der Waals surface area (Å²) in [6.07, 6.45) is -5.59. The number of aromatic nitrogens is 7. The molecule has 4 rings (SSSR count). The van der Waals surface area contributed by atoms with Gasteiger partial charge in [0, 0.05) is 17.8 Å². The number of nitrogens with zero attached hydrogens (tertiary/aromatic N) is 7. The molecule has 0 bridgehead atoms. The summed E-state index contributed by atoms with van der Waals surface area (Å²) in [5.41, 5.74) is 0.622. The molecule has 0 aliphatic heterocycles. The van der Waals surface area contributed by atoms with Crippen molar-refractivity contribution in [2.45, 2.75) is 26.1 Å². The fourth-order valence-corrected chi connectivity index (χ4v) is 2.76. The Balaban J connectivity index is 1.47. The Hall–Kier alpha value is -3.90. The number of alkyl halides is 5. The SMILES string of the molecule is Cc1nnn(-c2ccc(C(F)F)cc2)c1COc1ccc(-n2cc(C(F)(F)F)cn2)nn1. The molecule has 0 N–H and O–H groups in total. The highest BCUT2D eigenvalue weighted by Crippen LogP contribution is 2.29. The highest BCUT2D eigenvalue weighted by Gasteiger charge is 2.32. The van der Waals surface area contributed by atoms with Gasteiger partial charge in [0.25, 0.3) is 6.43 Å². The lowest BCUT2D eigenvalue weighted by Gasteiger charge is -2.09. The average molecular weight is 451 g/mol. The van der Waals surface area contributed by atoms with Crippen LogP contribution in [-0.4, -0.2) is 35.0 Å². The predicted molar refractivity (Wildman–Crippen MR) is 99.5 cm³/mol. The van der Waals surface area contributed by atoms with Crippen molar-refractivity contribution in [1.29, 1.82) is 0 Å². The van der Waals surface area contributed by atoms with E-state index in [9.17, 15) is 22.0 Å². The minimum atomic E-state index is -4.51. The summed E-state index contributed by atoms with van der Waals surface area (Å²) in [7, 11) is 0. The first-order valence-corrected chi connectivity index (χ1v) is 9.11. The zero-order chi connectivity index (χ0) is 22.9. The molecule has 0 aliphatic rings. The number of halogens is 5. The quantitative estimate of drug-likeness (QED) is 0.411. The van der Waals surface area contributed by atoms with Gasteiger partial charge >= 0.3 is 6.18 Å². The van der Waals surface area contributed by atoms with E-state index in [-0.39, 0.29) is 23.9 Å². The molecule has 0 atom stereocenters. The number of rotatable bonds is 6. The third kappa shape index (κ3) is 4.40. The Kier molecular flexibility index (Phi) is 5.55. The molecule has 1 aromatic carbocycles. The molecular formula is C19H14F5N7O. The van der Waals surface area contributed by atoms with Gasteiger partial charge in [0.15, 0.2) is 5.82 Å². The van der Waals surface area contributed by atoms with Crippen LogP contribution in [0.1, 0.15) is 28.9 Å². The van der Waals surface area contributed by atoms with Crippen LogP contribution in [0.2, 0.25) is 0 Å². The first-order valence-electron chi connectivity index (χ1n) is 9.11. The average Bonchev–Trinajstić information content (AvgIpc) is 3.40. The minimum Gasteiger partial charge on any atom is -0.470 e. The number of benzene rings is 1. The predicted octanol–water partition coefficient (Wildman–Crippen LogP) is 4.09. The zero-order valence-corrected chi connectivity index (χ0v) is 16.3. The minimum absolute atomic E-state index is 0.0105. The summed E-state index contributed by atoms with van der Waals surface area (Å²) in [6.45, 7) is 1.70. The zero-order valence-electron chi connectivity index (χ0n) is 16.3. The summed E-state index contributed by atoms with van der Waals surface area (Å²) in [5, 5.41) is 19.3. The maximum atomic E-state index is 12.8. The maximum absolute atomic E-state index is 12.8. The third-order valence-corrected chi connectivity index (χ3v) is 4.47. The molecular weight excluding hydrogens is 437 g/mol. The van der Waals surface area contributed by atoms with Gasteiger partial charge < -0.3 is 4.74 Å². The smallest absolute Gasteiger partial charge is 0.419 e. The second-order valence-electron chi connectivity index (χ2n) is 6.62.